The molecular weight excluding hydrogens is 474 g/mol. The molecule has 0 aromatic heterocycles. The van der Waals surface area contributed by atoms with Gasteiger partial charge in [0.15, 0.2) is 0 Å². The van der Waals surface area contributed by atoms with E-state index in [1.165, 1.54) is 0 Å². The van der Waals surface area contributed by atoms with Gasteiger partial charge in [-0.2, -0.15) is 0 Å². The van der Waals surface area contributed by atoms with Gasteiger partial charge in [-0.25, -0.2) is 0 Å². The maximum Gasteiger partial charge on any atom is 0 e. The van der Waals surface area contributed by atoms with Crippen molar-refractivity contribution in [3.63, 3.8) is 0 Å². The zero-order valence-electron chi connectivity index (χ0n) is 9.68. The molecule has 6 nitrogen and oxygen atoms in total. The van der Waals surface area contributed by atoms with Gasteiger partial charge in [-0.3, -0.25) is 0 Å². The molecule has 0 N–H and O–H groups in total. The van der Waals surface area contributed by atoms with Crippen LogP contribution in [-0.4, -0.2) is 32.0 Å². The summed E-state index contributed by atoms with van der Waals surface area (Å²) >= 11 is 5.43. The van der Waals surface area contributed by atoms with Crippen LogP contribution in [0.5, 0.6) is 0 Å². The fourth-order valence-corrected chi connectivity index (χ4v) is 0. The standard InChI is InChI=1S/C2H5Se.6CO.CH3Se.2Fe/c1-2-3;7*1-2;;/h2H2,1H3;;;;;;;1H3;;. The van der Waals surface area contributed by atoms with Crippen LogP contribution in [0.1, 0.15) is 6.92 Å². The average Bonchev–Trinajstić information content (AvgIpc) is 2.53. The van der Waals surface area contributed by atoms with Crippen molar-refractivity contribution in [1.82, 2.24) is 0 Å². The predicted octanol–water partition coefficient (Wildman–Crippen LogP) is 0.566. The van der Waals surface area contributed by atoms with Gasteiger partial charge in [0.1, 0.15) is 0 Å². The van der Waals surface area contributed by atoms with Gasteiger partial charge in [-0.15, -0.1) is 0 Å². The van der Waals surface area contributed by atoms with Crippen LogP contribution >= 0.6 is 0 Å². The monoisotopic (exact) mass is 484 g/mol. The normalized spacial score (nSPS) is 1.89. The van der Waals surface area contributed by atoms with E-state index in [1.54, 1.807) is 0 Å². The summed E-state index contributed by atoms with van der Waals surface area (Å²) in [6.45, 7) is 29.1. The van der Waals surface area contributed by atoms with E-state index in [-0.39, 0.29) is 34.1 Å². The van der Waals surface area contributed by atoms with Crippen LogP contribution < -0.4 is 0 Å². The zero-order chi connectivity index (χ0) is 16.7. The second kappa shape index (κ2) is 2470. The van der Waals surface area contributed by atoms with Crippen molar-refractivity contribution in [3.05, 3.63) is 39.9 Å². The second-order valence-corrected chi connectivity index (χ2v) is 1.50. The van der Waals surface area contributed by atoms with Gasteiger partial charge in [0.25, 0.3) is 0 Å². The maximum atomic E-state index is 7.50. The van der Waals surface area contributed by atoms with Gasteiger partial charge in [0.2, 0.25) is 0 Å². The first-order chi connectivity index (χ1) is 8.41. The molecule has 0 spiro atoms. The smallest absolute Gasteiger partial charge is 0 e. The molecule has 10 heteroatoms. The fraction of sp³-hybridized carbons (Fsp3) is 0.333. The first-order valence-corrected chi connectivity index (χ1v) is 5.55. The van der Waals surface area contributed by atoms with Crippen molar-refractivity contribution in [1.29, 1.82) is 0 Å². The van der Waals surface area contributed by atoms with Crippen LogP contribution in [0.25, 0.3) is 0 Å². The molecule has 0 fully saturated rings. The van der Waals surface area contributed by atoms with Crippen molar-refractivity contribution in [2.45, 2.75) is 18.1 Å². The molecule has 0 heterocycles. The molecule has 0 atom stereocenters. The Hall–Kier alpha value is 0.518. The minimum Gasteiger partial charge on any atom is 0 e. The molecule has 0 rings (SSSR count). The molecule has 0 aromatic carbocycles. The maximum absolute atomic E-state index is 7.50. The molecule has 0 aromatic rings. The Morgan fingerprint density at radius 1 is 0.579 bits per heavy atom. The molecular formula is C9H8Fe2O6Se2. The Labute approximate surface area is 151 Å². The third-order valence-corrected chi connectivity index (χ3v) is 0. The van der Waals surface area contributed by atoms with Crippen molar-refractivity contribution in [3.8, 4) is 0 Å². The van der Waals surface area contributed by atoms with Gasteiger partial charge in [0, 0.05) is 34.1 Å². The fourth-order valence-electron chi connectivity index (χ4n) is 0. The molecule has 0 saturated carbocycles. The van der Waals surface area contributed by atoms with Crippen LogP contribution in [0, 0.1) is 39.9 Å². The van der Waals surface area contributed by atoms with Crippen molar-refractivity contribution >= 4 is 32.0 Å². The van der Waals surface area contributed by atoms with E-state index in [2.05, 4.69) is 78.9 Å². The van der Waals surface area contributed by atoms with Crippen LogP contribution in [0.4, 0.5) is 0 Å². The first-order valence-electron chi connectivity index (χ1n) is 2.63. The average molecular weight is 482 g/mol. The van der Waals surface area contributed by atoms with Crippen LogP contribution in [0.15, 0.2) is 0 Å². The summed E-state index contributed by atoms with van der Waals surface area (Å²) in [5, 5.41) is 1.12. The van der Waals surface area contributed by atoms with Crippen molar-refractivity contribution in [2.24, 2.45) is 0 Å². The van der Waals surface area contributed by atoms with Crippen LogP contribution in [0.2, 0.25) is 11.1 Å². The third kappa shape index (κ3) is 18800. The van der Waals surface area contributed by atoms with E-state index < -0.39 is 0 Å². The van der Waals surface area contributed by atoms with E-state index in [9.17, 15) is 0 Å². The number of rotatable bonds is 0. The molecule has 0 aliphatic rings. The quantitative estimate of drug-likeness (QED) is 0.273. The topological polar surface area (TPSA) is 119 Å². The molecule has 0 amide bonds. The van der Waals surface area contributed by atoms with E-state index in [0.717, 1.165) is 5.32 Å². The Morgan fingerprint density at radius 3 is 0.579 bits per heavy atom. The van der Waals surface area contributed by atoms with Gasteiger partial charge in [0.05, 0.1) is 0 Å². The predicted molar refractivity (Wildman–Crippen MR) is 51.4 cm³/mol. The summed E-state index contributed by atoms with van der Waals surface area (Å²) in [5.74, 6) is 1.88. The molecule has 0 saturated heterocycles. The van der Waals surface area contributed by atoms with Gasteiger partial charge >= 0.3 is 118 Å². The summed E-state index contributed by atoms with van der Waals surface area (Å²) in [6, 6.07) is 0. The molecule has 0 bridgehead atoms. The zero-order valence-corrected chi connectivity index (χ0v) is 15.3. The van der Waals surface area contributed by atoms with Gasteiger partial charge < -0.3 is 0 Å². The van der Waals surface area contributed by atoms with Crippen LogP contribution in [0.3, 0.4) is 0 Å². The number of hydrogen-bond donors (Lipinski definition) is 0. The molecule has 19 heavy (non-hydrogen) atoms. The summed E-state index contributed by atoms with van der Waals surface area (Å²) < 4.78 is 45.0. The second-order valence-electron chi connectivity index (χ2n) is 0.289. The largest absolute Gasteiger partial charge is 0 e. The molecule has 2 radical (unpaired) electrons. The molecule has 0 unspecified atom stereocenters. The summed E-state index contributed by atoms with van der Waals surface area (Å²) in [6.07, 6.45) is 0. The molecule has 108 valence electrons. The van der Waals surface area contributed by atoms with E-state index in [4.69, 9.17) is 27.9 Å². The van der Waals surface area contributed by atoms with Crippen LogP contribution in [-0.2, 0) is 62.1 Å². The Kier molecular flexibility index (Phi) is 9590. The Morgan fingerprint density at radius 2 is 0.579 bits per heavy atom. The summed E-state index contributed by atoms with van der Waals surface area (Å²) in [5.41, 5.74) is 0. The van der Waals surface area contributed by atoms with E-state index in [1.807, 2.05) is 5.82 Å². The molecule has 0 aliphatic carbocycles. The minimum absolute atomic E-state index is 0. The van der Waals surface area contributed by atoms with Gasteiger partial charge in [-0.1, -0.05) is 0 Å². The summed E-state index contributed by atoms with van der Waals surface area (Å²) in [7, 11) is 0. The van der Waals surface area contributed by atoms with Gasteiger partial charge in [-0.05, 0) is 0 Å². The Balaban J connectivity index is -0.00000000604. The van der Waals surface area contributed by atoms with Crippen molar-refractivity contribution < 1.29 is 62.1 Å². The SMILES string of the molecule is CC[Se].C[Se].[C-]#[O+].[C-]#[O+].[C-]#[O+].[C-]#[O+].[C-]#[O+].[C-]#[O+].[Fe].[Fe]. The number of hydrogen-bond acceptors (Lipinski definition) is 0. The minimum atomic E-state index is 0. The van der Waals surface area contributed by atoms with Crippen molar-refractivity contribution in [2.75, 3.05) is 0 Å². The third-order valence-electron chi connectivity index (χ3n) is 0. The summed E-state index contributed by atoms with van der Waals surface area (Å²) in [4.78, 5) is 0. The Bertz CT molecular complexity index is 119. The first kappa shape index (κ1) is 73.9. The van der Waals surface area contributed by atoms with E-state index >= 15 is 0 Å². The van der Waals surface area contributed by atoms with E-state index in [0.29, 0.717) is 0 Å². The molecule has 0 aliphatic heterocycles.